The third kappa shape index (κ3) is 2.60. The fourth-order valence-corrected chi connectivity index (χ4v) is 0.883. The second kappa shape index (κ2) is 3.46. The molecule has 0 aromatic carbocycles. The summed E-state index contributed by atoms with van der Waals surface area (Å²) in [6, 6.07) is 0. The summed E-state index contributed by atoms with van der Waals surface area (Å²) >= 11 is 0. The standard InChI is InChI=1S/C10H14O4/c1-9(2,3)14-8(11)10(12)4-6-13-7-5-10/h4-7,12H,1-3H3. The van der Waals surface area contributed by atoms with Gasteiger partial charge < -0.3 is 14.6 Å². The molecule has 1 aliphatic rings. The first-order valence-corrected chi connectivity index (χ1v) is 4.30. The van der Waals surface area contributed by atoms with Crippen LogP contribution < -0.4 is 0 Å². The largest absolute Gasteiger partial charge is 0.473 e. The minimum absolute atomic E-state index is 0.618. The number of carbonyl (C=O) groups excluding carboxylic acids is 1. The first-order chi connectivity index (χ1) is 6.33. The molecule has 1 heterocycles. The van der Waals surface area contributed by atoms with E-state index in [-0.39, 0.29) is 0 Å². The summed E-state index contributed by atoms with van der Waals surface area (Å²) in [5, 5.41) is 9.77. The molecular weight excluding hydrogens is 184 g/mol. The summed E-state index contributed by atoms with van der Waals surface area (Å²) in [5.41, 5.74) is -2.32. The molecule has 0 saturated carbocycles. The van der Waals surface area contributed by atoms with E-state index in [1.165, 1.54) is 24.7 Å². The Labute approximate surface area is 82.8 Å². The Balaban J connectivity index is 2.73. The summed E-state index contributed by atoms with van der Waals surface area (Å²) in [6.07, 6.45) is 4.95. The molecule has 0 saturated heterocycles. The van der Waals surface area contributed by atoms with Crippen molar-refractivity contribution < 1.29 is 19.4 Å². The number of carbonyl (C=O) groups is 1. The quantitative estimate of drug-likeness (QED) is 0.641. The highest BCUT2D eigenvalue weighted by Crippen LogP contribution is 2.19. The van der Waals surface area contributed by atoms with Gasteiger partial charge in [-0.15, -0.1) is 0 Å². The van der Waals surface area contributed by atoms with Crippen molar-refractivity contribution in [1.29, 1.82) is 0 Å². The maximum atomic E-state index is 11.5. The second-order valence-electron chi connectivity index (χ2n) is 4.07. The molecule has 78 valence electrons. The van der Waals surface area contributed by atoms with E-state index < -0.39 is 17.2 Å². The normalized spacial score (nSPS) is 18.9. The van der Waals surface area contributed by atoms with E-state index in [1.54, 1.807) is 20.8 Å². The molecule has 0 aromatic heterocycles. The number of hydrogen-bond donors (Lipinski definition) is 1. The molecule has 1 aliphatic heterocycles. The van der Waals surface area contributed by atoms with Crippen molar-refractivity contribution in [2.24, 2.45) is 0 Å². The van der Waals surface area contributed by atoms with Gasteiger partial charge >= 0.3 is 5.97 Å². The molecule has 4 heteroatoms. The van der Waals surface area contributed by atoms with Crippen molar-refractivity contribution in [3.63, 3.8) is 0 Å². The molecule has 0 atom stereocenters. The molecule has 0 fully saturated rings. The van der Waals surface area contributed by atoms with Crippen LogP contribution in [0.15, 0.2) is 24.7 Å². The highest BCUT2D eigenvalue weighted by Gasteiger charge is 2.36. The Morgan fingerprint density at radius 1 is 1.36 bits per heavy atom. The Morgan fingerprint density at radius 2 is 1.86 bits per heavy atom. The fourth-order valence-electron chi connectivity index (χ4n) is 0.883. The van der Waals surface area contributed by atoms with Crippen LogP contribution in [0.1, 0.15) is 20.8 Å². The zero-order chi connectivity index (χ0) is 10.8. The van der Waals surface area contributed by atoms with Gasteiger partial charge in [0.05, 0.1) is 12.5 Å². The average molecular weight is 198 g/mol. The molecule has 0 unspecified atom stereocenters. The van der Waals surface area contributed by atoms with Gasteiger partial charge in [0.2, 0.25) is 5.60 Å². The third-order valence-electron chi connectivity index (χ3n) is 1.53. The summed E-state index contributed by atoms with van der Waals surface area (Å²) < 4.78 is 9.75. The van der Waals surface area contributed by atoms with Crippen LogP contribution in [0.2, 0.25) is 0 Å². The lowest BCUT2D eigenvalue weighted by Crippen LogP contribution is -2.41. The number of rotatable bonds is 1. The van der Waals surface area contributed by atoms with E-state index in [0.717, 1.165) is 0 Å². The van der Waals surface area contributed by atoms with E-state index in [2.05, 4.69) is 0 Å². The third-order valence-corrected chi connectivity index (χ3v) is 1.53. The van der Waals surface area contributed by atoms with E-state index in [0.29, 0.717) is 0 Å². The minimum atomic E-state index is -1.70. The summed E-state index contributed by atoms with van der Waals surface area (Å²) in [7, 11) is 0. The zero-order valence-electron chi connectivity index (χ0n) is 8.48. The van der Waals surface area contributed by atoms with Crippen molar-refractivity contribution in [3.05, 3.63) is 24.7 Å². The molecular formula is C10H14O4. The highest BCUT2D eigenvalue weighted by atomic mass is 16.6. The van der Waals surface area contributed by atoms with Gasteiger partial charge in [-0.3, -0.25) is 0 Å². The lowest BCUT2D eigenvalue weighted by atomic mass is 10.0. The average Bonchev–Trinajstić information content (AvgIpc) is 2.02. The number of aliphatic hydroxyl groups is 1. The Kier molecular flexibility index (Phi) is 2.66. The molecule has 4 nitrogen and oxygen atoms in total. The van der Waals surface area contributed by atoms with Gasteiger partial charge in [0, 0.05) is 0 Å². The Hall–Kier alpha value is -1.29. The van der Waals surface area contributed by atoms with Gasteiger partial charge in [-0.25, -0.2) is 4.79 Å². The lowest BCUT2D eigenvalue weighted by Gasteiger charge is -2.26. The molecule has 0 bridgehead atoms. The van der Waals surface area contributed by atoms with Crippen LogP contribution >= 0.6 is 0 Å². The predicted molar refractivity (Wildman–Crippen MR) is 50.2 cm³/mol. The van der Waals surface area contributed by atoms with Gasteiger partial charge in [-0.05, 0) is 32.9 Å². The molecule has 0 aromatic rings. The minimum Gasteiger partial charge on any atom is -0.473 e. The van der Waals surface area contributed by atoms with Gasteiger partial charge in [0.15, 0.2) is 0 Å². The lowest BCUT2D eigenvalue weighted by molar-refractivity contribution is -0.168. The second-order valence-corrected chi connectivity index (χ2v) is 4.07. The monoisotopic (exact) mass is 198 g/mol. The van der Waals surface area contributed by atoms with Gasteiger partial charge in [-0.1, -0.05) is 0 Å². The maximum Gasteiger partial charge on any atom is 0.347 e. The molecule has 14 heavy (non-hydrogen) atoms. The number of hydrogen-bond acceptors (Lipinski definition) is 4. The van der Waals surface area contributed by atoms with Crippen LogP contribution in [0.25, 0.3) is 0 Å². The molecule has 0 amide bonds. The van der Waals surface area contributed by atoms with E-state index >= 15 is 0 Å². The summed E-state index contributed by atoms with van der Waals surface area (Å²) in [4.78, 5) is 11.5. The molecule has 1 N–H and O–H groups in total. The van der Waals surface area contributed by atoms with Crippen LogP contribution in [-0.2, 0) is 14.3 Å². The van der Waals surface area contributed by atoms with Gasteiger partial charge in [-0.2, -0.15) is 0 Å². The van der Waals surface area contributed by atoms with Crippen LogP contribution in [0.3, 0.4) is 0 Å². The summed E-state index contributed by atoms with van der Waals surface area (Å²) in [6.45, 7) is 5.21. The molecule has 1 rings (SSSR count). The van der Waals surface area contributed by atoms with E-state index in [1.807, 2.05) is 0 Å². The Bertz CT molecular complexity index is 271. The topological polar surface area (TPSA) is 55.8 Å². The van der Waals surface area contributed by atoms with Gasteiger partial charge in [0.25, 0.3) is 0 Å². The van der Waals surface area contributed by atoms with Crippen LogP contribution in [0.4, 0.5) is 0 Å². The smallest absolute Gasteiger partial charge is 0.347 e. The SMILES string of the molecule is CC(C)(C)OC(=O)C1(O)C=COC=C1. The number of esters is 1. The van der Waals surface area contributed by atoms with Crippen LogP contribution in [0.5, 0.6) is 0 Å². The molecule has 0 radical (unpaired) electrons. The summed E-state index contributed by atoms with van der Waals surface area (Å²) in [5.74, 6) is -0.708. The van der Waals surface area contributed by atoms with E-state index in [4.69, 9.17) is 9.47 Å². The fraction of sp³-hybridized carbons (Fsp3) is 0.500. The highest BCUT2D eigenvalue weighted by molar-refractivity contribution is 5.84. The molecule has 0 aliphatic carbocycles. The molecule has 0 spiro atoms. The predicted octanol–water partition coefficient (Wildman–Crippen LogP) is 1.12. The van der Waals surface area contributed by atoms with Gasteiger partial charge in [0.1, 0.15) is 5.60 Å². The van der Waals surface area contributed by atoms with Crippen molar-refractivity contribution in [2.45, 2.75) is 32.0 Å². The van der Waals surface area contributed by atoms with Crippen molar-refractivity contribution >= 4 is 5.97 Å². The maximum absolute atomic E-state index is 11.5. The van der Waals surface area contributed by atoms with Crippen LogP contribution in [-0.4, -0.2) is 22.3 Å². The van der Waals surface area contributed by atoms with Crippen LogP contribution in [0, 0.1) is 0 Å². The van der Waals surface area contributed by atoms with Crippen molar-refractivity contribution in [1.82, 2.24) is 0 Å². The van der Waals surface area contributed by atoms with Crippen molar-refractivity contribution in [2.75, 3.05) is 0 Å². The Morgan fingerprint density at radius 3 is 2.29 bits per heavy atom. The van der Waals surface area contributed by atoms with E-state index in [9.17, 15) is 9.90 Å². The first kappa shape index (κ1) is 10.8. The number of ether oxygens (including phenoxy) is 2. The first-order valence-electron chi connectivity index (χ1n) is 4.30. The zero-order valence-corrected chi connectivity index (χ0v) is 8.48. The van der Waals surface area contributed by atoms with Crippen molar-refractivity contribution in [3.8, 4) is 0 Å².